The fourth-order valence-corrected chi connectivity index (χ4v) is 5.21. The fourth-order valence-electron chi connectivity index (χ4n) is 3.46. The van der Waals surface area contributed by atoms with Gasteiger partial charge < -0.3 is 5.11 Å². The molecule has 1 N–H and O–H groups in total. The Morgan fingerprint density at radius 1 is 1.00 bits per heavy atom. The van der Waals surface area contributed by atoms with Gasteiger partial charge in [0.1, 0.15) is 10.0 Å². The maximum Gasteiger partial charge on any atom is 0.296 e. The number of hydrogen-bond acceptors (Lipinski definition) is 7. The van der Waals surface area contributed by atoms with E-state index in [4.69, 9.17) is 4.98 Å². The van der Waals surface area contributed by atoms with E-state index in [0.29, 0.717) is 15.7 Å². The van der Waals surface area contributed by atoms with Gasteiger partial charge >= 0.3 is 0 Å². The zero-order chi connectivity index (χ0) is 20.1. The number of halogens is 1. The summed E-state index contributed by atoms with van der Waals surface area (Å²) in [7, 11) is 0. The number of para-hydroxylation sites is 1. The molecule has 152 valence electrons. The molecule has 3 heterocycles. The molecule has 0 radical (unpaired) electrons. The van der Waals surface area contributed by atoms with Crippen molar-refractivity contribution in [1.29, 1.82) is 0 Å². The van der Waals surface area contributed by atoms with Crippen LogP contribution in [0.4, 0.5) is 5.13 Å². The number of aromatic nitrogens is 3. The molecule has 0 fully saturated rings. The Bertz CT molecular complexity index is 1250. The van der Waals surface area contributed by atoms with Crippen LogP contribution >= 0.6 is 35.1 Å². The molecule has 5 rings (SSSR count). The molecule has 2 aromatic heterocycles. The number of amides is 1. The molecule has 30 heavy (non-hydrogen) atoms. The predicted molar refractivity (Wildman–Crippen MR) is 122 cm³/mol. The SMILES string of the molecule is Cc1ccc(C2C(c3nc4ccccc4s3)=C(O)C(=O)N2c2nnc(C)s2)cc1.Cl. The highest BCUT2D eigenvalue weighted by Gasteiger charge is 2.44. The first-order valence-electron chi connectivity index (χ1n) is 9.02. The van der Waals surface area contributed by atoms with E-state index in [0.717, 1.165) is 26.4 Å². The van der Waals surface area contributed by atoms with Crippen molar-refractivity contribution in [1.82, 2.24) is 15.2 Å². The summed E-state index contributed by atoms with van der Waals surface area (Å²) in [6.45, 7) is 3.85. The monoisotopic (exact) mass is 456 g/mol. The van der Waals surface area contributed by atoms with E-state index in [2.05, 4.69) is 10.2 Å². The highest BCUT2D eigenvalue weighted by atomic mass is 35.5. The minimum absolute atomic E-state index is 0. The van der Waals surface area contributed by atoms with Crippen LogP contribution in [-0.4, -0.2) is 26.2 Å². The smallest absolute Gasteiger partial charge is 0.296 e. The summed E-state index contributed by atoms with van der Waals surface area (Å²) in [5, 5.41) is 20.9. The molecule has 1 aliphatic heterocycles. The minimum atomic E-state index is -0.518. The van der Waals surface area contributed by atoms with Gasteiger partial charge in [-0.15, -0.1) is 33.9 Å². The van der Waals surface area contributed by atoms with Crippen LogP contribution < -0.4 is 4.90 Å². The number of carbonyl (C=O) groups is 1. The Hall–Kier alpha value is -2.81. The van der Waals surface area contributed by atoms with E-state index in [1.165, 1.54) is 27.6 Å². The number of aryl methyl sites for hydroxylation is 2. The average Bonchev–Trinajstić information content (AvgIpc) is 3.39. The standard InChI is InChI=1S/C21H16N4O2S2.ClH/c1-11-7-9-13(10-8-11)17-16(19-22-14-5-3-4-6-15(14)29-19)18(26)20(27)25(17)21-24-23-12(2)28-21;/h3-10,17,26H,1-2H3;1H. The van der Waals surface area contributed by atoms with Crippen LogP contribution in [-0.2, 0) is 4.79 Å². The maximum atomic E-state index is 13.1. The molecule has 0 aliphatic carbocycles. The minimum Gasteiger partial charge on any atom is -0.503 e. The van der Waals surface area contributed by atoms with Crippen LogP contribution in [0, 0.1) is 13.8 Å². The Balaban J connectivity index is 0.00000218. The first-order chi connectivity index (χ1) is 14.0. The molecule has 1 unspecified atom stereocenters. The summed E-state index contributed by atoms with van der Waals surface area (Å²) >= 11 is 2.79. The Morgan fingerprint density at radius 2 is 1.73 bits per heavy atom. The molecule has 4 aromatic rings. The Labute approximate surface area is 186 Å². The van der Waals surface area contributed by atoms with E-state index >= 15 is 0 Å². The first-order valence-corrected chi connectivity index (χ1v) is 10.7. The number of thiazole rings is 1. The van der Waals surface area contributed by atoms with Crippen LogP contribution in [0.1, 0.15) is 27.2 Å². The lowest BCUT2D eigenvalue weighted by molar-refractivity contribution is -0.117. The molecule has 0 bridgehead atoms. The zero-order valence-corrected chi connectivity index (χ0v) is 18.5. The van der Waals surface area contributed by atoms with E-state index < -0.39 is 11.9 Å². The molecule has 9 heteroatoms. The summed E-state index contributed by atoms with van der Waals surface area (Å²) in [6.07, 6.45) is 0. The second-order valence-electron chi connectivity index (χ2n) is 6.84. The zero-order valence-electron chi connectivity index (χ0n) is 16.1. The molecule has 0 saturated carbocycles. The van der Waals surface area contributed by atoms with Gasteiger partial charge in [0.15, 0.2) is 5.76 Å². The second kappa shape index (κ2) is 7.79. The predicted octanol–water partition coefficient (Wildman–Crippen LogP) is 5.24. The molecule has 1 aliphatic rings. The van der Waals surface area contributed by atoms with Gasteiger partial charge in [-0.3, -0.25) is 9.69 Å². The number of aliphatic hydroxyl groups is 1. The highest BCUT2D eigenvalue weighted by molar-refractivity contribution is 7.19. The van der Waals surface area contributed by atoms with Crippen molar-refractivity contribution in [2.24, 2.45) is 0 Å². The van der Waals surface area contributed by atoms with Gasteiger partial charge in [0.05, 0.1) is 21.8 Å². The van der Waals surface area contributed by atoms with E-state index in [1.54, 1.807) is 0 Å². The van der Waals surface area contributed by atoms with E-state index in [-0.39, 0.29) is 18.2 Å². The molecular formula is C21H17ClN4O2S2. The summed E-state index contributed by atoms with van der Waals surface area (Å²) in [6, 6.07) is 15.2. The molecule has 2 aromatic carbocycles. The summed E-state index contributed by atoms with van der Waals surface area (Å²) in [4.78, 5) is 19.3. The van der Waals surface area contributed by atoms with Crippen LogP contribution in [0.5, 0.6) is 0 Å². The summed E-state index contributed by atoms with van der Waals surface area (Å²) in [5.74, 6) is -0.775. The van der Waals surface area contributed by atoms with Gasteiger partial charge in [0.2, 0.25) is 5.13 Å². The molecule has 6 nitrogen and oxygen atoms in total. The van der Waals surface area contributed by atoms with Crippen LogP contribution in [0.15, 0.2) is 54.3 Å². The van der Waals surface area contributed by atoms with Crippen molar-refractivity contribution in [3.05, 3.63) is 75.4 Å². The van der Waals surface area contributed by atoms with Crippen LogP contribution in [0.2, 0.25) is 0 Å². The third kappa shape index (κ3) is 3.27. The van der Waals surface area contributed by atoms with Gasteiger partial charge in [0.25, 0.3) is 5.91 Å². The van der Waals surface area contributed by atoms with Gasteiger partial charge in [-0.2, -0.15) is 0 Å². The third-order valence-corrected chi connectivity index (χ3v) is 6.75. The van der Waals surface area contributed by atoms with Crippen LogP contribution in [0.3, 0.4) is 0 Å². The van der Waals surface area contributed by atoms with E-state index in [1.807, 2.05) is 62.4 Å². The third-order valence-electron chi connectivity index (χ3n) is 4.85. The fraction of sp³-hybridized carbons (Fsp3) is 0.143. The average molecular weight is 457 g/mol. The lowest BCUT2D eigenvalue weighted by atomic mass is 9.99. The summed E-state index contributed by atoms with van der Waals surface area (Å²) < 4.78 is 1.00. The van der Waals surface area contributed by atoms with Gasteiger partial charge in [0, 0.05) is 0 Å². The molecule has 1 atom stereocenters. The van der Waals surface area contributed by atoms with Crippen molar-refractivity contribution in [2.75, 3.05) is 4.90 Å². The molecule has 0 saturated heterocycles. The van der Waals surface area contributed by atoms with Crippen molar-refractivity contribution in [2.45, 2.75) is 19.9 Å². The number of rotatable bonds is 3. The first kappa shape index (κ1) is 20.5. The van der Waals surface area contributed by atoms with Crippen molar-refractivity contribution in [3.8, 4) is 0 Å². The largest absolute Gasteiger partial charge is 0.503 e. The molecule has 1 amide bonds. The van der Waals surface area contributed by atoms with Gasteiger partial charge in [-0.05, 0) is 31.5 Å². The number of hydrogen-bond donors (Lipinski definition) is 1. The number of aliphatic hydroxyl groups excluding tert-OH is 1. The quantitative estimate of drug-likeness (QED) is 0.455. The number of nitrogens with zero attached hydrogens (tertiary/aromatic N) is 4. The van der Waals surface area contributed by atoms with Crippen molar-refractivity contribution >= 4 is 61.9 Å². The van der Waals surface area contributed by atoms with Crippen molar-refractivity contribution in [3.63, 3.8) is 0 Å². The number of fused-ring (bicyclic) bond motifs is 1. The van der Waals surface area contributed by atoms with Gasteiger partial charge in [-0.1, -0.05) is 53.3 Å². The number of carbonyl (C=O) groups excluding carboxylic acids is 1. The lowest BCUT2D eigenvalue weighted by Crippen LogP contribution is -2.30. The van der Waals surface area contributed by atoms with Gasteiger partial charge in [-0.25, -0.2) is 4.98 Å². The lowest BCUT2D eigenvalue weighted by Gasteiger charge is -2.24. The topological polar surface area (TPSA) is 79.2 Å². The second-order valence-corrected chi connectivity index (χ2v) is 9.03. The number of anilines is 1. The molecule has 0 spiro atoms. The normalized spacial score (nSPS) is 16.4. The van der Waals surface area contributed by atoms with Crippen molar-refractivity contribution < 1.29 is 9.90 Å². The summed E-state index contributed by atoms with van der Waals surface area (Å²) in [5.41, 5.74) is 3.35. The van der Waals surface area contributed by atoms with Crippen LogP contribution in [0.25, 0.3) is 15.8 Å². The number of benzene rings is 2. The maximum absolute atomic E-state index is 13.1. The Morgan fingerprint density at radius 3 is 2.40 bits per heavy atom. The highest BCUT2D eigenvalue weighted by Crippen LogP contribution is 2.47. The Kier molecular flexibility index (Phi) is 5.31. The van der Waals surface area contributed by atoms with E-state index in [9.17, 15) is 9.90 Å². The molecular weight excluding hydrogens is 440 g/mol.